The number of nitrogens with one attached hydrogen (secondary N) is 1. The zero-order valence-corrected chi connectivity index (χ0v) is 16.0. The van der Waals surface area contributed by atoms with Crippen LogP contribution in [0, 0.1) is 11.8 Å². The lowest BCUT2D eigenvalue weighted by Gasteiger charge is -2.41. The van der Waals surface area contributed by atoms with Crippen molar-refractivity contribution >= 4 is 33.6 Å². The predicted octanol–water partition coefficient (Wildman–Crippen LogP) is 3.65. The maximum absolute atomic E-state index is 12.9. The number of allylic oxidation sites excluding steroid dienone is 4. The Bertz CT molecular complexity index is 1070. The second-order valence-corrected chi connectivity index (χ2v) is 8.60. The molecule has 5 heteroatoms. The van der Waals surface area contributed by atoms with Gasteiger partial charge in [0.1, 0.15) is 5.82 Å². The molecule has 2 aliphatic heterocycles. The molecule has 1 fully saturated rings. The summed E-state index contributed by atoms with van der Waals surface area (Å²) in [4.78, 5) is 21.4. The van der Waals surface area contributed by atoms with Gasteiger partial charge in [0, 0.05) is 10.4 Å². The average molecular weight is 378 g/mol. The Morgan fingerprint density at radius 1 is 1.30 bits per heavy atom. The SMILES string of the molecule is NCC1CCCC(CC23C=CC=C(C2=S)c2nc4cccc3c4c(=O)[nH]2)C1. The minimum atomic E-state index is -0.412. The first-order valence-electron chi connectivity index (χ1n) is 9.80. The number of nitrogens with two attached hydrogens (primary N) is 1. The van der Waals surface area contributed by atoms with Gasteiger partial charge in [0.15, 0.2) is 0 Å². The van der Waals surface area contributed by atoms with Crippen LogP contribution in [-0.2, 0) is 5.41 Å². The van der Waals surface area contributed by atoms with Gasteiger partial charge in [-0.1, -0.05) is 55.4 Å². The largest absolute Gasteiger partial charge is 0.330 e. The van der Waals surface area contributed by atoms with Crippen molar-refractivity contribution in [2.24, 2.45) is 17.6 Å². The van der Waals surface area contributed by atoms with Crippen LogP contribution >= 0.6 is 12.2 Å². The van der Waals surface area contributed by atoms with E-state index in [9.17, 15) is 4.79 Å². The van der Waals surface area contributed by atoms with Gasteiger partial charge < -0.3 is 10.7 Å². The van der Waals surface area contributed by atoms with E-state index in [0.717, 1.165) is 40.9 Å². The van der Waals surface area contributed by atoms with E-state index in [4.69, 9.17) is 18.0 Å². The van der Waals surface area contributed by atoms with E-state index in [2.05, 4.69) is 28.2 Å². The highest BCUT2D eigenvalue weighted by molar-refractivity contribution is 7.81. The monoisotopic (exact) mass is 377 g/mol. The maximum Gasteiger partial charge on any atom is 0.259 e. The van der Waals surface area contributed by atoms with Crippen molar-refractivity contribution < 1.29 is 0 Å². The molecular formula is C22H23N3OS. The first-order valence-corrected chi connectivity index (χ1v) is 10.2. The van der Waals surface area contributed by atoms with Gasteiger partial charge in [-0.15, -0.1) is 0 Å². The molecule has 0 saturated heterocycles. The summed E-state index contributed by atoms with van der Waals surface area (Å²) in [5.74, 6) is 1.75. The van der Waals surface area contributed by atoms with Crippen LogP contribution in [0.4, 0.5) is 0 Å². The van der Waals surface area contributed by atoms with E-state index < -0.39 is 5.41 Å². The predicted molar refractivity (Wildman–Crippen MR) is 113 cm³/mol. The van der Waals surface area contributed by atoms with Crippen molar-refractivity contribution in [1.82, 2.24) is 9.97 Å². The van der Waals surface area contributed by atoms with Gasteiger partial charge in [0.25, 0.3) is 5.56 Å². The lowest BCUT2D eigenvalue weighted by atomic mass is 9.63. The van der Waals surface area contributed by atoms with E-state index in [1.165, 1.54) is 19.3 Å². The van der Waals surface area contributed by atoms with Crippen molar-refractivity contribution in [3.63, 3.8) is 0 Å². The molecule has 4 aliphatic rings. The molecule has 1 aromatic heterocycles. The Morgan fingerprint density at radius 2 is 2.15 bits per heavy atom. The molecule has 0 spiro atoms. The molecule has 0 amide bonds. The number of aromatic amines is 1. The molecule has 138 valence electrons. The summed E-state index contributed by atoms with van der Waals surface area (Å²) in [6.45, 7) is 0.759. The van der Waals surface area contributed by atoms with Gasteiger partial charge in [-0.05, 0) is 49.3 Å². The summed E-state index contributed by atoms with van der Waals surface area (Å²) in [5.41, 5.74) is 8.13. The molecule has 3 N–H and O–H groups in total. The highest BCUT2D eigenvalue weighted by atomic mass is 32.1. The first-order chi connectivity index (χ1) is 13.1. The van der Waals surface area contributed by atoms with Crippen LogP contribution in [0.15, 0.2) is 41.2 Å². The zero-order chi connectivity index (χ0) is 18.6. The number of H-pyrrole nitrogens is 1. The Kier molecular flexibility index (Phi) is 3.92. The molecule has 27 heavy (non-hydrogen) atoms. The minimum Gasteiger partial charge on any atom is -0.330 e. The quantitative estimate of drug-likeness (QED) is 0.801. The minimum absolute atomic E-state index is 0.0675. The Morgan fingerprint density at radius 3 is 3.00 bits per heavy atom. The smallest absolute Gasteiger partial charge is 0.259 e. The van der Waals surface area contributed by atoms with Gasteiger partial charge in [-0.3, -0.25) is 4.79 Å². The zero-order valence-electron chi connectivity index (χ0n) is 15.2. The summed E-state index contributed by atoms with van der Waals surface area (Å²) in [6.07, 6.45) is 12.0. The standard InChI is InChI=1S/C22H23N3OS/c23-12-14-5-1-4-13(10-14)11-22-9-3-6-15(19(22)27)20-24-17-8-2-7-16(22)18(17)21(26)25-20/h2-3,6-9,13-14H,1,4-5,10-12,23H2,(H,24,25,26). The van der Waals surface area contributed by atoms with Crippen molar-refractivity contribution in [3.8, 4) is 0 Å². The van der Waals surface area contributed by atoms with Gasteiger partial charge in [-0.2, -0.15) is 0 Å². The second-order valence-electron chi connectivity index (χ2n) is 8.19. The number of benzene rings is 1. The lowest BCUT2D eigenvalue weighted by Crippen LogP contribution is -2.41. The maximum atomic E-state index is 12.9. The van der Waals surface area contributed by atoms with Gasteiger partial charge in [0.2, 0.25) is 0 Å². The van der Waals surface area contributed by atoms with Crippen LogP contribution in [0.3, 0.4) is 0 Å². The molecule has 2 aromatic rings. The third-order valence-corrected chi connectivity index (χ3v) is 7.18. The molecule has 6 bridgehead atoms. The fourth-order valence-electron chi connectivity index (χ4n) is 5.32. The number of nitrogens with zero attached hydrogens (tertiary/aromatic N) is 1. The normalized spacial score (nSPS) is 29.1. The van der Waals surface area contributed by atoms with E-state index >= 15 is 0 Å². The van der Waals surface area contributed by atoms with Crippen molar-refractivity contribution in [1.29, 1.82) is 0 Å². The van der Waals surface area contributed by atoms with E-state index in [1.54, 1.807) is 0 Å². The van der Waals surface area contributed by atoms with Crippen molar-refractivity contribution in [3.05, 3.63) is 58.2 Å². The van der Waals surface area contributed by atoms with Gasteiger partial charge in [-0.25, -0.2) is 4.98 Å². The highest BCUT2D eigenvalue weighted by Gasteiger charge is 2.43. The number of rotatable bonds is 3. The summed E-state index contributed by atoms with van der Waals surface area (Å²) >= 11 is 6.03. The van der Waals surface area contributed by atoms with Gasteiger partial charge >= 0.3 is 0 Å². The summed E-state index contributed by atoms with van der Waals surface area (Å²) in [7, 11) is 0. The number of hydrogen-bond donors (Lipinski definition) is 2. The molecule has 3 heterocycles. The van der Waals surface area contributed by atoms with Crippen LogP contribution < -0.4 is 11.3 Å². The summed E-state index contributed by atoms with van der Waals surface area (Å²) in [6, 6.07) is 5.98. The molecule has 3 unspecified atom stereocenters. The van der Waals surface area contributed by atoms with Crippen LogP contribution in [0.1, 0.15) is 43.5 Å². The topological polar surface area (TPSA) is 71.8 Å². The van der Waals surface area contributed by atoms with Crippen LogP contribution in [0.2, 0.25) is 0 Å². The molecule has 3 atom stereocenters. The Balaban J connectivity index is 1.71. The molecule has 6 rings (SSSR count). The number of hydrogen-bond acceptors (Lipinski definition) is 4. The molecule has 4 nitrogen and oxygen atoms in total. The van der Waals surface area contributed by atoms with E-state index in [0.29, 0.717) is 23.0 Å². The fraction of sp³-hybridized carbons (Fsp3) is 0.409. The molecular weight excluding hydrogens is 354 g/mol. The fourth-order valence-corrected chi connectivity index (χ4v) is 5.74. The summed E-state index contributed by atoms with van der Waals surface area (Å²) < 4.78 is 0. The third-order valence-electron chi connectivity index (χ3n) is 6.60. The molecule has 1 saturated carbocycles. The van der Waals surface area contributed by atoms with E-state index in [1.807, 2.05) is 18.2 Å². The number of aromatic nitrogens is 2. The van der Waals surface area contributed by atoms with Crippen molar-refractivity contribution in [2.75, 3.05) is 6.54 Å². The molecule has 0 radical (unpaired) electrons. The third kappa shape index (κ3) is 2.48. The number of fused-ring (bicyclic) bond motifs is 1. The highest BCUT2D eigenvalue weighted by Crippen LogP contribution is 2.47. The molecule has 1 aromatic carbocycles. The van der Waals surface area contributed by atoms with Crippen LogP contribution in [0.5, 0.6) is 0 Å². The van der Waals surface area contributed by atoms with Crippen LogP contribution in [-0.4, -0.2) is 21.4 Å². The van der Waals surface area contributed by atoms with Crippen molar-refractivity contribution in [2.45, 2.75) is 37.5 Å². The van der Waals surface area contributed by atoms with E-state index in [-0.39, 0.29) is 5.56 Å². The Hall–Kier alpha value is -2.11. The lowest BCUT2D eigenvalue weighted by molar-refractivity contribution is 0.246. The second kappa shape index (κ2) is 6.21. The first kappa shape index (κ1) is 17.0. The molecule has 2 aliphatic carbocycles. The summed E-state index contributed by atoms with van der Waals surface area (Å²) in [5, 5.41) is 0.681. The Labute approximate surface area is 163 Å². The average Bonchev–Trinajstić information content (AvgIpc) is 2.69. The van der Waals surface area contributed by atoms with Gasteiger partial charge in [0.05, 0.1) is 16.3 Å². The number of thiocarbonyl (C=S) groups is 1. The van der Waals surface area contributed by atoms with Crippen LogP contribution in [0.25, 0.3) is 16.5 Å².